The van der Waals surface area contributed by atoms with Gasteiger partial charge in [-0.1, -0.05) is 11.6 Å². The van der Waals surface area contributed by atoms with E-state index in [0.717, 1.165) is 17.7 Å². The summed E-state index contributed by atoms with van der Waals surface area (Å²) in [5.41, 5.74) is 8.59. The Balaban J connectivity index is 1.61. The first-order valence-corrected chi connectivity index (χ1v) is 9.87. The number of imidazole rings is 1. The van der Waals surface area contributed by atoms with Crippen LogP contribution in [0.15, 0.2) is 49.1 Å². The van der Waals surface area contributed by atoms with Gasteiger partial charge in [-0.25, -0.2) is 28.2 Å². The van der Waals surface area contributed by atoms with Crippen LogP contribution in [0.25, 0.3) is 28.2 Å². The quantitative estimate of drug-likeness (QED) is 0.417. The Bertz CT molecular complexity index is 1480. The molecule has 2 N–H and O–H groups in total. The summed E-state index contributed by atoms with van der Waals surface area (Å²) in [5, 5.41) is 8.13. The highest BCUT2D eigenvalue weighted by atomic mass is 35.5. The van der Waals surface area contributed by atoms with Gasteiger partial charge in [0.1, 0.15) is 29.0 Å². The highest BCUT2D eigenvalue weighted by Crippen LogP contribution is 2.30. The number of nitrogens with zero attached hydrogens (tertiary/aromatic N) is 7. The second-order valence-electron chi connectivity index (χ2n) is 7.09. The van der Waals surface area contributed by atoms with Crippen molar-refractivity contribution in [3.8, 4) is 22.6 Å². The van der Waals surface area contributed by atoms with Crippen molar-refractivity contribution in [3.05, 3.63) is 77.1 Å². The molecule has 0 bridgehead atoms. The summed E-state index contributed by atoms with van der Waals surface area (Å²) >= 11 is 6.00. The first kappa shape index (κ1) is 20.0. The number of aryl methyl sites for hydroxylation is 1. The zero-order valence-corrected chi connectivity index (χ0v) is 17.4. The normalized spacial score (nSPS) is 11.4. The van der Waals surface area contributed by atoms with Crippen LogP contribution in [0, 0.1) is 11.6 Å². The number of hydrogen-bond donors (Lipinski definition) is 1. The second kappa shape index (κ2) is 7.65. The zero-order valence-electron chi connectivity index (χ0n) is 16.7. The van der Waals surface area contributed by atoms with Crippen molar-refractivity contribution in [1.82, 2.24) is 34.3 Å². The number of benzene rings is 1. The molecule has 0 unspecified atom stereocenters. The molecule has 0 fully saturated rings. The summed E-state index contributed by atoms with van der Waals surface area (Å²) in [6.07, 6.45) is 6.55. The molecule has 8 nitrogen and oxygen atoms in total. The predicted octanol–water partition coefficient (Wildman–Crippen LogP) is 3.69. The molecule has 0 aliphatic rings. The topological polar surface area (TPSA) is 99.8 Å². The number of anilines is 1. The Kier molecular flexibility index (Phi) is 4.78. The Morgan fingerprint density at radius 1 is 1.06 bits per heavy atom. The Hall–Kier alpha value is -3.92. The number of nitrogens with two attached hydrogens (primary N) is 1. The Morgan fingerprint density at radius 3 is 2.62 bits per heavy atom. The van der Waals surface area contributed by atoms with Crippen molar-refractivity contribution >= 4 is 22.9 Å². The second-order valence-corrected chi connectivity index (χ2v) is 7.47. The monoisotopic (exact) mass is 452 g/mol. The Labute approximate surface area is 185 Å². The molecule has 4 heterocycles. The number of halogens is 3. The third-order valence-corrected chi connectivity index (χ3v) is 5.41. The van der Waals surface area contributed by atoms with E-state index in [4.69, 9.17) is 17.3 Å². The van der Waals surface area contributed by atoms with Crippen molar-refractivity contribution in [2.45, 2.75) is 6.42 Å². The standard InChI is InChI=1S/C21H15ClF2N8/c1-31-10-11(8-28-31)13-9-26-21(30-20(13)25)19-16-3-2-6-27-32(16)17(29-19)7-12-14(23)4-5-15(24)18(12)22/h2-6,8-10H,7H2,1H3,(H2,25,26,30). The molecular formula is C21H15ClF2N8. The van der Waals surface area contributed by atoms with Gasteiger partial charge in [0.25, 0.3) is 0 Å². The van der Waals surface area contributed by atoms with Crippen LogP contribution in [0.1, 0.15) is 11.4 Å². The lowest BCUT2D eigenvalue weighted by atomic mass is 10.1. The van der Waals surface area contributed by atoms with Crippen LogP contribution in [0.5, 0.6) is 0 Å². The molecule has 5 rings (SSSR count). The van der Waals surface area contributed by atoms with Gasteiger partial charge in [0.2, 0.25) is 0 Å². The third kappa shape index (κ3) is 3.34. The maximum atomic E-state index is 14.3. The van der Waals surface area contributed by atoms with Crippen LogP contribution in [-0.2, 0) is 13.5 Å². The van der Waals surface area contributed by atoms with E-state index in [0.29, 0.717) is 22.6 Å². The Morgan fingerprint density at radius 2 is 1.88 bits per heavy atom. The van der Waals surface area contributed by atoms with Gasteiger partial charge in [0.15, 0.2) is 5.82 Å². The molecule has 0 radical (unpaired) electrons. The van der Waals surface area contributed by atoms with Crippen LogP contribution in [-0.4, -0.2) is 34.3 Å². The molecule has 0 amide bonds. The van der Waals surface area contributed by atoms with Crippen molar-refractivity contribution in [1.29, 1.82) is 0 Å². The minimum absolute atomic E-state index is 0.0110. The lowest BCUT2D eigenvalue weighted by molar-refractivity contribution is 0.587. The zero-order chi connectivity index (χ0) is 22.4. The molecule has 5 aromatic rings. The summed E-state index contributed by atoms with van der Waals surface area (Å²) in [4.78, 5) is 13.4. The van der Waals surface area contributed by atoms with E-state index in [-0.39, 0.29) is 28.6 Å². The van der Waals surface area contributed by atoms with Crippen LogP contribution in [0.2, 0.25) is 5.02 Å². The molecule has 4 aromatic heterocycles. The highest BCUT2D eigenvalue weighted by Gasteiger charge is 2.20. The van der Waals surface area contributed by atoms with Crippen molar-refractivity contribution < 1.29 is 8.78 Å². The maximum absolute atomic E-state index is 14.3. The number of fused-ring (bicyclic) bond motifs is 1. The van der Waals surface area contributed by atoms with E-state index in [1.54, 1.807) is 48.6 Å². The molecule has 0 saturated heterocycles. The maximum Gasteiger partial charge on any atom is 0.182 e. The van der Waals surface area contributed by atoms with E-state index in [9.17, 15) is 8.78 Å². The number of rotatable bonds is 4. The smallest absolute Gasteiger partial charge is 0.182 e. The van der Waals surface area contributed by atoms with E-state index in [1.807, 2.05) is 0 Å². The number of hydrogen-bond acceptors (Lipinski definition) is 6. The molecule has 0 spiro atoms. The predicted molar refractivity (Wildman–Crippen MR) is 115 cm³/mol. The summed E-state index contributed by atoms with van der Waals surface area (Å²) in [7, 11) is 1.80. The molecule has 0 atom stereocenters. The average molecular weight is 453 g/mol. The first-order valence-electron chi connectivity index (χ1n) is 9.49. The molecule has 11 heteroatoms. The van der Waals surface area contributed by atoms with Crippen LogP contribution >= 0.6 is 11.6 Å². The molecule has 1 aromatic carbocycles. The summed E-state index contributed by atoms with van der Waals surface area (Å²) in [5.74, 6) is -0.460. The lowest BCUT2D eigenvalue weighted by Crippen LogP contribution is -2.02. The van der Waals surface area contributed by atoms with Gasteiger partial charge < -0.3 is 5.73 Å². The van der Waals surface area contributed by atoms with E-state index < -0.39 is 11.6 Å². The summed E-state index contributed by atoms with van der Waals surface area (Å²) < 4.78 is 31.4. The fourth-order valence-corrected chi connectivity index (χ4v) is 3.67. The largest absolute Gasteiger partial charge is 0.383 e. The summed E-state index contributed by atoms with van der Waals surface area (Å²) in [6, 6.07) is 5.51. The molecule has 0 aliphatic heterocycles. The SMILES string of the molecule is Cn1cc(-c2cnc(-c3nc(Cc4c(F)ccc(F)c4Cl)n4ncccc34)nc2N)cn1. The van der Waals surface area contributed by atoms with Gasteiger partial charge in [-0.05, 0) is 24.3 Å². The first-order chi connectivity index (χ1) is 15.4. The van der Waals surface area contributed by atoms with Gasteiger partial charge in [0.05, 0.1) is 16.7 Å². The van der Waals surface area contributed by atoms with E-state index in [2.05, 4.69) is 25.1 Å². The minimum Gasteiger partial charge on any atom is -0.383 e. The van der Waals surface area contributed by atoms with E-state index >= 15 is 0 Å². The minimum atomic E-state index is -0.709. The van der Waals surface area contributed by atoms with Gasteiger partial charge in [-0.2, -0.15) is 10.2 Å². The van der Waals surface area contributed by atoms with Crippen molar-refractivity contribution in [2.24, 2.45) is 7.05 Å². The van der Waals surface area contributed by atoms with Crippen LogP contribution < -0.4 is 5.73 Å². The lowest BCUT2D eigenvalue weighted by Gasteiger charge is -2.06. The molecule has 32 heavy (non-hydrogen) atoms. The number of nitrogen functional groups attached to an aromatic ring is 1. The van der Waals surface area contributed by atoms with Gasteiger partial charge in [-0.3, -0.25) is 4.68 Å². The van der Waals surface area contributed by atoms with Crippen LogP contribution in [0.4, 0.5) is 14.6 Å². The fraction of sp³-hybridized carbons (Fsp3) is 0.0952. The molecule has 0 aliphatic carbocycles. The molecule has 0 saturated carbocycles. The third-order valence-electron chi connectivity index (χ3n) is 5.00. The summed E-state index contributed by atoms with van der Waals surface area (Å²) in [6.45, 7) is 0. The van der Waals surface area contributed by atoms with E-state index in [1.165, 1.54) is 4.52 Å². The van der Waals surface area contributed by atoms with Crippen LogP contribution in [0.3, 0.4) is 0 Å². The number of aromatic nitrogens is 7. The molecule has 160 valence electrons. The van der Waals surface area contributed by atoms with Crippen molar-refractivity contribution in [2.75, 3.05) is 5.73 Å². The highest BCUT2D eigenvalue weighted by molar-refractivity contribution is 6.31. The average Bonchev–Trinajstić information content (AvgIpc) is 3.38. The van der Waals surface area contributed by atoms with Gasteiger partial charge in [0, 0.05) is 48.7 Å². The molecular weight excluding hydrogens is 438 g/mol. The van der Waals surface area contributed by atoms with Gasteiger partial charge in [-0.15, -0.1) is 0 Å². The van der Waals surface area contributed by atoms with Crippen molar-refractivity contribution in [3.63, 3.8) is 0 Å². The fourth-order valence-electron chi connectivity index (χ4n) is 3.45. The van der Waals surface area contributed by atoms with Gasteiger partial charge >= 0.3 is 0 Å².